The molecule has 5 heteroatoms. The van der Waals surface area contributed by atoms with Gasteiger partial charge in [0.1, 0.15) is 0 Å². The van der Waals surface area contributed by atoms with Crippen molar-refractivity contribution in [3.8, 4) is 0 Å². The average molecular weight is 356 g/mol. The SMILES string of the molecule is CN(C)[C@H](CNC(=S)Nc1cccc2ccccc12)c1cccs1. The second kappa shape index (κ2) is 7.75. The maximum Gasteiger partial charge on any atom is 0.170 e. The maximum absolute atomic E-state index is 5.50. The number of hydrogen-bond acceptors (Lipinski definition) is 3. The Labute approximate surface area is 152 Å². The van der Waals surface area contributed by atoms with E-state index < -0.39 is 0 Å². The molecular formula is C19H21N3S2. The first-order chi connectivity index (χ1) is 11.6. The Bertz CT molecular complexity index is 807. The van der Waals surface area contributed by atoms with Crippen LogP contribution < -0.4 is 10.6 Å². The molecule has 3 aromatic rings. The first kappa shape index (κ1) is 16.9. The van der Waals surface area contributed by atoms with Crippen LogP contribution in [0, 0.1) is 0 Å². The van der Waals surface area contributed by atoms with Crippen LogP contribution in [0.2, 0.25) is 0 Å². The Kier molecular flexibility index (Phi) is 5.45. The summed E-state index contributed by atoms with van der Waals surface area (Å²) >= 11 is 7.27. The van der Waals surface area contributed by atoms with E-state index in [1.807, 2.05) is 18.2 Å². The molecule has 0 radical (unpaired) electrons. The van der Waals surface area contributed by atoms with Crippen LogP contribution in [-0.4, -0.2) is 30.7 Å². The van der Waals surface area contributed by atoms with Crippen molar-refractivity contribution >= 4 is 45.1 Å². The van der Waals surface area contributed by atoms with Gasteiger partial charge in [-0.25, -0.2) is 0 Å². The molecule has 24 heavy (non-hydrogen) atoms. The minimum atomic E-state index is 0.303. The molecule has 0 bridgehead atoms. The molecule has 0 aliphatic carbocycles. The zero-order chi connectivity index (χ0) is 16.9. The number of fused-ring (bicyclic) bond motifs is 1. The standard InChI is InChI=1S/C19H21N3S2/c1-22(2)17(18-11-6-12-24-18)13-20-19(23)21-16-10-5-8-14-7-3-4-9-15(14)16/h3-12,17H,13H2,1-2H3,(H2,20,21,23)/t17-/m1/s1. The Morgan fingerprint density at radius 2 is 1.88 bits per heavy atom. The average Bonchev–Trinajstić information content (AvgIpc) is 3.09. The number of nitrogens with one attached hydrogen (secondary N) is 2. The third-order valence-electron chi connectivity index (χ3n) is 3.99. The van der Waals surface area contributed by atoms with E-state index in [1.165, 1.54) is 15.6 Å². The monoisotopic (exact) mass is 355 g/mol. The van der Waals surface area contributed by atoms with Crippen molar-refractivity contribution in [2.75, 3.05) is 26.0 Å². The molecule has 3 nitrogen and oxygen atoms in total. The van der Waals surface area contributed by atoms with Gasteiger partial charge in [0.2, 0.25) is 0 Å². The van der Waals surface area contributed by atoms with Gasteiger partial charge in [0.15, 0.2) is 5.11 Å². The van der Waals surface area contributed by atoms with Crippen LogP contribution in [0.1, 0.15) is 10.9 Å². The van der Waals surface area contributed by atoms with E-state index in [4.69, 9.17) is 12.2 Å². The van der Waals surface area contributed by atoms with Gasteiger partial charge in [0, 0.05) is 22.5 Å². The van der Waals surface area contributed by atoms with Crippen molar-refractivity contribution in [3.05, 3.63) is 64.9 Å². The van der Waals surface area contributed by atoms with E-state index in [0.717, 1.165) is 12.2 Å². The van der Waals surface area contributed by atoms with Crippen LogP contribution in [0.3, 0.4) is 0 Å². The molecule has 124 valence electrons. The lowest BCUT2D eigenvalue weighted by Crippen LogP contribution is -2.36. The summed E-state index contributed by atoms with van der Waals surface area (Å²) in [6, 6.07) is 19.1. The number of benzene rings is 2. The highest BCUT2D eigenvalue weighted by molar-refractivity contribution is 7.80. The summed E-state index contributed by atoms with van der Waals surface area (Å²) in [5.41, 5.74) is 1.03. The normalized spacial score (nSPS) is 12.3. The second-order valence-corrected chi connectivity index (χ2v) is 7.24. The zero-order valence-electron chi connectivity index (χ0n) is 13.8. The van der Waals surface area contributed by atoms with Crippen LogP contribution in [0.5, 0.6) is 0 Å². The zero-order valence-corrected chi connectivity index (χ0v) is 15.5. The molecule has 1 heterocycles. The van der Waals surface area contributed by atoms with Gasteiger partial charge >= 0.3 is 0 Å². The quantitative estimate of drug-likeness (QED) is 0.660. The summed E-state index contributed by atoms with van der Waals surface area (Å²) in [6.45, 7) is 0.768. The summed E-state index contributed by atoms with van der Waals surface area (Å²) in [5.74, 6) is 0. The fraction of sp³-hybridized carbons (Fsp3) is 0.211. The lowest BCUT2D eigenvalue weighted by Gasteiger charge is -2.24. The molecule has 1 aromatic heterocycles. The molecule has 3 rings (SSSR count). The van der Waals surface area contributed by atoms with E-state index >= 15 is 0 Å². The third-order valence-corrected chi connectivity index (χ3v) is 5.21. The first-order valence-electron chi connectivity index (χ1n) is 7.87. The topological polar surface area (TPSA) is 27.3 Å². The molecule has 0 saturated carbocycles. The van der Waals surface area contributed by atoms with Crippen molar-refractivity contribution in [1.29, 1.82) is 0 Å². The smallest absolute Gasteiger partial charge is 0.170 e. The van der Waals surface area contributed by atoms with Crippen molar-refractivity contribution in [2.45, 2.75) is 6.04 Å². The number of hydrogen-bond donors (Lipinski definition) is 2. The molecule has 0 saturated heterocycles. The summed E-state index contributed by atoms with van der Waals surface area (Å²) in [5, 5.41) is 11.8. The van der Waals surface area contributed by atoms with Crippen molar-refractivity contribution in [3.63, 3.8) is 0 Å². The molecule has 0 fully saturated rings. The van der Waals surface area contributed by atoms with E-state index in [0.29, 0.717) is 11.2 Å². The second-order valence-electron chi connectivity index (χ2n) is 5.86. The highest BCUT2D eigenvalue weighted by Crippen LogP contribution is 2.24. The maximum atomic E-state index is 5.50. The molecule has 0 spiro atoms. The Hall–Kier alpha value is -1.95. The van der Waals surface area contributed by atoms with Gasteiger partial charge in [0.05, 0.1) is 6.04 Å². The fourth-order valence-corrected chi connectivity index (χ4v) is 3.82. The number of nitrogens with zero attached hydrogens (tertiary/aromatic N) is 1. The van der Waals surface area contributed by atoms with Gasteiger partial charge < -0.3 is 15.5 Å². The van der Waals surface area contributed by atoms with Gasteiger partial charge in [-0.1, -0.05) is 42.5 Å². The largest absolute Gasteiger partial charge is 0.360 e. The predicted octanol–water partition coefficient (Wildman–Crippen LogP) is 4.49. The van der Waals surface area contributed by atoms with E-state index in [9.17, 15) is 0 Å². The number of thiocarbonyl (C=S) groups is 1. The predicted molar refractivity (Wildman–Crippen MR) is 109 cm³/mol. The van der Waals surface area contributed by atoms with Gasteiger partial charge in [-0.15, -0.1) is 11.3 Å². The van der Waals surface area contributed by atoms with E-state index in [1.54, 1.807) is 11.3 Å². The number of rotatable bonds is 5. The number of likely N-dealkylation sites (N-methyl/N-ethyl adjacent to an activating group) is 1. The molecule has 0 amide bonds. The van der Waals surface area contributed by atoms with E-state index in [2.05, 4.69) is 71.4 Å². The van der Waals surface area contributed by atoms with Crippen molar-refractivity contribution < 1.29 is 0 Å². The van der Waals surface area contributed by atoms with Gasteiger partial charge in [-0.3, -0.25) is 0 Å². The summed E-state index contributed by atoms with van der Waals surface area (Å²) in [6.07, 6.45) is 0. The molecule has 2 aromatic carbocycles. The van der Waals surface area contributed by atoms with Crippen LogP contribution >= 0.6 is 23.6 Å². The third kappa shape index (κ3) is 3.93. The molecule has 1 atom stereocenters. The first-order valence-corrected chi connectivity index (χ1v) is 9.16. The van der Waals surface area contributed by atoms with Crippen LogP contribution in [0.25, 0.3) is 10.8 Å². The highest BCUT2D eigenvalue weighted by atomic mass is 32.1. The van der Waals surface area contributed by atoms with Crippen molar-refractivity contribution in [1.82, 2.24) is 10.2 Å². The number of thiophene rings is 1. The Morgan fingerprint density at radius 3 is 2.62 bits per heavy atom. The molecule has 0 aliphatic heterocycles. The van der Waals surface area contributed by atoms with Crippen molar-refractivity contribution in [2.24, 2.45) is 0 Å². The minimum absolute atomic E-state index is 0.303. The summed E-state index contributed by atoms with van der Waals surface area (Å²) < 4.78 is 0. The van der Waals surface area contributed by atoms with Gasteiger partial charge in [-0.2, -0.15) is 0 Å². The summed E-state index contributed by atoms with van der Waals surface area (Å²) in [7, 11) is 4.18. The van der Waals surface area contributed by atoms with Gasteiger partial charge in [-0.05, 0) is 49.2 Å². The van der Waals surface area contributed by atoms with Crippen LogP contribution in [0.4, 0.5) is 5.69 Å². The summed E-state index contributed by atoms with van der Waals surface area (Å²) in [4.78, 5) is 3.54. The number of anilines is 1. The Morgan fingerprint density at radius 1 is 1.08 bits per heavy atom. The molecule has 2 N–H and O–H groups in total. The molecule has 0 aliphatic rings. The highest BCUT2D eigenvalue weighted by Gasteiger charge is 2.15. The van der Waals surface area contributed by atoms with Gasteiger partial charge in [0.25, 0.3) is 0 Å². The lowest BCUT2D eigenvalue weighted by atomic mass is 10.1. The van der Waals surface area contributed by atoms with E-state index in [-0.39, 0.29) is 0 Å². The molecule has 0 unspecified atom stereocenters. The van der Waals surface area contributed by atoms with Crippen LogP contribution in [-0.2, 0) is 0 Å². The lowest BCUT2D eigenvalue weighted by molar-refractivity contribution is 0.303. The minimum Gasteiger partial charge on any atom is -0.360 e. The van der Waals surface area contributed by atoms with Crippen LogP contribution in [0.15, 0.2) is 60.0 Å². The Balaban J connectivity index is 1.67. The fourth-order valence-electron chi connectivity index (χ4n) is 2.71. The molecular weight excluding hydrogens is 334 g/mol.